The predicted molar refractivity (Wildman–Crippen MR) is 125 cm³/mol. The van der Waals surface area contributed by atoms with Gasteiger partial charge >= 0.3 is 0 Å². The molecule has 0 unspecified atom stereocenters. The number of fused-ring (bicyclic) bond motifs is 3. The van der Waals surface area contributed by atoms with Gasteiger partial charge in [0, 0.05) is 42.2 Å². The lowest BCUT2D eigenvalue weighted by atomic mass is 9.83. The van der Waals surface area contributed by atoms with Crippen LogP contribution in [0.4, 0.5) is 5.82 Å². The van der Waals surface area contributed by atoms with E-state index in [2.05, 4.69) is 32.8 Å². The summed E-state index contributed by atoms with van der Waals surface area (Å²) in [5.74, 6) is 0.951. The third kappa shape index (κ3) is 4.04. The molecule has 8 nitrogen and oxygen atoms in total. The number of hydrogen-bond donors (Lipinski definition) is 3. The first-order chi connectivity index (χ1) is 16.0. The highest BCUT2D eigenvalue weighted by Crippen LogP contribution is 2.35. The van der Waals surface area contributed by atoms with Gasteiger partial charge in [-0.1, -0.05) is 6.42 Å². The van der Waals surface area contributed by atoms with Crippen LogP contribution in [0.2, 0.25) is 0 Å². The Morgan fingerprint density at radius 3 is 2.61 bits per heavy atom. The topological polar surface area (TPSA) is 104 Å². The molecule has 0 spiro atoms. The second-order valence-electron chi connectivity index (χ2n) is 9.77. The molecule has 172 valence electrons. The first-order valence-electron chi connectivity index (χ1n) is 11.9. The van der Waals surface area contributed by atoms with E-state index in [1.54, 1.807) is 18.2 Å². The second-order valence-corrected chi connectivity index (χ2v) is 9.77. The SMILES string of the molecule is CN(c1ccc(-c2cc3oc(C(=O)NC4CC4)cc3cc2O)nn1)[C@@H]1C[C@H]2CCC[C@@H](C1)N2. The minimum atomic E-state index is -0.219. The third-order valence-corrected chi connectivity index (χ3v) is 7.30. The first-order valence-corrected chi connectivity index (χ1v) is 11.9. The number of rotatable bonds is 5. The van der Waals surface area contributed by atoms with Crippen molar-refractivity contribution in [3.05, 3.63) is 36.1 Å². The van der Waals surface area contributed by atoms with Gasteiger partial charge in [-0.3, -0.25) is 4.79 Å². The molecule has 4 heterocycles. The van der Waals surface area contributed by atoms with Gasteiger partial charge in [-0.25, -0.2) is 0 Å². The molecule has 3 aliphatic rings. The molecule has 2 aliphatic heterocycles. The molecule has 2 aromatic heterocycles. The highest BCUT2D eigenvalue weighted by molar-refractivity contribution is 5.97. The highest BCUT2D eigenvalue weighted by Gasteiger charge is 2.33. The molecule has 1 aliphatic carbocycles. The van der Waals surface area contributed by atoms with Gasteiger partial charge in [-0.2, -0.15) is 0 Å². The Bertz CT molecular complexity index is 1170. The fraction of sp³-hybridized carbons (Fsp3) is 0.480. The molecular weight excluding hydrogens is 418 g/mol. The molecule has 2 saturated heterocycles. The number of benzene rings is 1. The highest BCUT2D eigenvalue weighted by atomic mass is 16.3. The second kappa shape index (κ2) is 8.02. The fourth-order valence-electron chi connectivity index (χ4n) is 5.27. The quantitative estimate of drug-likeness (QED) is 0.549. The number of aromatic nitrogens is 2. The number of furan rings is 1. The van der Waals surface area contributed by atoms with E-state index in [1.165, 1.54) is 19.3 Å². The Balaban J connectivity index is 1.22. The Hall–Kier alpha value is -3.13. The summed E-state index contributed by atoms with van der Waals surface area (Å²) < 4.78 is 5.77. The number of carbonyl (C=O) groups excluding carboxylic acids is 1. The monoisotopic (exact) mass is 447 g/mol. The van der Waals surface area contributed by atoms with Crippen LogP contribution in [0.1, 0.15) is 55.5 Å². The van der Waals surface area contributed by atoms with E-state index < -0.39 is 0 Å². The van der Waals surface area contributed by atoms with Crippen LogP contribution >= 0.6 is 0 Å². The average Bonchev–Trinajstić information content (AvgIpc) is 3.53. The van der Waals surface area contributed by atoms with Crippen LogP contribution < -0.4 is 15.5 Å². The number of nitrogens with zero attached hydrogens (tertiary/aromatic N) is 3. The van der Waals surface area contributed by atoms with Crippen molar-refractivity contribution in [1.29, 1.82) is 0 Å². The van der Waals surface area contributed by atoms with E-state index in [-0.39, 0.29) is 23.5 Å². The molecular formula is C25H29N5O3. The average molecular weight is 448 g/mol. The molecule has 33 heavy (non-hydrogen) atoms. The minimum absolute atomic E-state index is 0.0824. The first kappa shape index (κ1) is 20.5. The predicted octanol–water partition coefficient (Wildman–Crippen LogP) is 3.60. The molecule has 0 radical (unpaired) electrons. The van der Waals surface area contributed by atoms with Gasteiger partial charge in [0.2, 0.25) is 0 Å². The summed E-state index contributed by atoms with van der Waals surface area (Å²) in [6.07, 6.45) is 8.11. The van der Waals surface area contributed by atoms with Gasteiger partial charge in [-0.05, 0) is 68.9 Å². The standard InChI is InChI=1S/C25H29N5O3/c1-30(18-11-16-3-2-4-17(12-18)26-16)24-8-7-20(28-29-24)19-13-22-14(9-21(19)31)10-23(33-22)25(32)27-15-5-6-15/h7-10,13,15-18,26,31H,2-6,11-12H2,1H3,(H,27,32)/t16-,17+,18-. The van der Waals surface area contributed by atoms with E-state index in [9.17, 15) is 9.90 Å². The molecule has 1 aromatic carbocycles. The van der Waals surface area contributed by atoms with Gasteiger partial charge < -0.3 is 25.1 Å². The molecule has 6 rings (SSSR count). The van der Waals surface area contributed by atoms with Crippen LogP contribution in [0.15, 0.2) is 34.7 Å². The number of anilines is 1. The summed E-state index contributed by atoms with van der Waals surface area (Å²) in [7, 11) is 2.09. The summed E-state index contributed by atoms with van der Waals surface area (Å²) in [5, 5.41) is 26.8. The Kier molecular flexibility index (Phi) is 4.98. The van der Waals surface area contributed by atoms with E-state index in [0.29, 0.717) is 40.4 Å². The maximum Gasteiger partial charge on any atom is 0.287 e. The summed E-state index contributed by atoms with van der Waals surface area (Å²) in [4.78, 5) is 14.5. The van der Waals surface area contributed by atoms with E-state index in [0.717, 1.165) is 31.5 Å². The number of aromatic hydroxyl groups is 1. The Morgan fingerprint density at radius 2 is 1.91 bits per heavy atom. The third-order valence-electron chi connectivity index (χ3n) is 7.30. The number of phenolic OH excluding ortho intramolecular Hbond substituents is 1. The summed E-state index contributed by atoms with van der Waals surface area (Å²) in [6, 6.07) is 10.7. The minimum Gasteiger partial charge on any atom is -0.507 e. The van der Waals surface area contributed by atoms with E-state index in [1.807, 2.05) is 12.1 Å². The van der Waals surface area contributed by atoms with Crippen molar-refractivity contribution in [3.8, 4) is 17.0 Å². The van der Waals surface area contributed by atoms with Crippen LogP contribution in [0.5, 0.6) is 5.75 Å². The van der Waals surface area contributed by atoms with Gasteiger partial charge in [0.15, 0.2) is 11.6 Å². The number of hydrogen-bond acceptors (Lipinski definition) is 7. The summed E-state index contributed by atoms with van der Waals surface area (Å²) in [6.45, 7) is 0. The molecule has 8 heteroatoms. The van der Waals surface area contributed by atoms with Crippen molar-refractivity contribution in [3.63, 3.8) is 0 Å². The lowest BCUT2D eigenvalue weighted by Gasteiger charge is -2.43. The lowest BCUT2D eigenvalue weighted by molar-refractivity contribution is 0.0925. The zero-order chi connectivity index (χ0) is 22.5. The zero-order valence-electron chi connectivity index (χ0n) is 18.8. The zero-order valence-corrected chi connectivity index (χ0v) is 18.8. The Labute approximate surface area is 192 Å². The van der Waals surface area contributed by atoms with Crippen molar-refractivity contribution in [2.24, 2.45) is 0 Å². The van der Waals surface area contributed by atoms with Crippen molar-refractivity contribution >= 4 is 22.7 Å². The summed E-state index contributed by atoms with van der Waals surface area (Å²) >= 11 is 0. The number of amides is 1. The van der Waals surface area contributed by atoms with E-state index in [4.69, 9.17) is 4.42 Å². The van der Waals surface area contributed by atoms with Crippen molar-refractivity contribution in [1.82, 2.24) is 20.8 Å². The van der Waals surface area contributed by atoms with Crippen LogP contribution in [-0.4, -0.2) is 52.4 Å². The molecule has 3 fully saturated rings. The van der Waals surface area contributed by atoms with Crippen LogP contribution in [0, 0.1) is 0 Å². The number of piperidine rings is 2. The maximum atomic E-state index is 12.3. The summed E-state index contributed by atoms with van der Waals surface area (Å²) in [5.41, 5.74) is 1.63. The number of nitrogens with one attached hydrogen (secondary N) is 2. The maximum absolute atomic E-state index is 12.3. The van der Waals surface area contributed by atoms with E-state index >= 15 is 0 Å². The number of carbonyl (C=O) groups is 1. The van der Waals surface area contributed by atoms with Crippen molar-refractivity contribution in [2.75, 3.05) is 11.9 Å². The van der Waals surface area contributed by atoms with Crippen LogP contribution in [-0.2, 0) is 0 Å². The van der Waals surface area contributed by atoms with Crippen molar-refractivity contribution < 1.29 is 14.3 Å². The van der Waals surface area contributed by atoms with Crippen LogP contribution in [0.3, 0.4) is 0 Å². The molecule has 1 saturated carbocycles. The van der Waals surface area contributed by atoms with Crippen LogP contribution in [0.25, 0.3) is 22.2 Å². The fourth-order valence-corrected chi connectivity index (χ4v) is 5.27. The smallest absolute Gasteiger partial charge is 0.287 e. The molecule has 2 bridgehead atoms. The molecule has 1 amide bonds. The van der Waals surface area contributed by atoms with Gasteiger partial charge in [0.1, 0.15) is 11.3 Å². The Morgan fingerprint density at radius 1 is 1.12 bits per heavy atom. The number of phenols is 1. The van der Waals surface area contributed by atoms with Gasteiger partial charge in [-0.15, -0.1) is 10.2 Å². The normalized spacial score (nSPS) is 24.6. The molecule has 3 N–H and O–H groups in total. The largest absolute Gasteiger partial charge is 0.507 e. The lowest BCUT2D eigenvalue weighted by Crippen LogP contribution is -2.54. The van der Waals surface area contributed by atoms with Gasteiger partial charge in [0.05, 0.1) is 5.69 Å². The van der Waals surface area contributed by atoms with Crippen molar-refractivity contribution in [2.45, 2.75) is 69.1 Å². The molecule has 3 aromatic rings. The van der Waals surface area contributed by atoms with Gasteiger partial charge in [0.25, 0.3) is 5.91 Å². The molecule has 3 atom stereocenters.